The molecule has 1 aliphatic carbocycles. The van der Waals surface area contributed by atoms with Crippen molar-refractivity contribution in [2.75, 3.05) is 0 Å². The first-order chi connectivity index (χ1) is 20.4. The number of hydrogen-bond donors (Lipinski definition) is 2. The number of aromatic hydroxyl groups is 2. The fraction of sp³-hybridized carbons (Fsp3) is 0.0571. The first kappa shape index (κ1) is 26.5. The van der Waals surface area contributed by atoms with Gasteiger partial charge >= 0.3 is 11.9 Å². The van der Waals surface area contributed by atoms with Gasteiger partial charge < -0.3 is 19.7 Å². The van der Waals surface area contributed by atoms with Crippen LogP contribution in [0.25, 0.3) is 10.8 Å². The van der Waals surface area contributed by atoms with Crippen molar-refractivity contribution in [2.24, 2.45) is 0 Å². The highest BCUT2D eigenvalue weighted by Gasteiger charge is 2.20. The molecule has 1 aliphatic rings. The summed E-state index contributed by atoms with van der Waals surface area (Å²) in [4.78, 5) is 38.5. The Kier molecular flexibility index (Phi) is 6.98. The van der Waals surface area contributed by atoms with Gasteiger partial charge in [-0.3, -0.25) is 4.79 Å². The molecule has 0 fully saturated rings. The molecule has 42 heavy (non-hydrogen) atoms. The van der Waals surface area contributed by atoms with Crippen molar-refractivity contribution in [1.29, 1.82) is 0 Å². The first-order valence-electron chi connectivity index (χ1n) is 13.3. The lowest BCUT2D eigenvalue weighted by Crippen LogP contribution is -2.11. The number of hydrogen-bond acceptors (Lipinski definition) is 7. The lowest BCUT2D eigenvalue weighted by atomic mass is 9.95. The number of rotatable bonds is 6. The highest BCUT2D eigenvalue weighted by molar-refractivity contribution is 6.12. The lowest BCUT2D eigenvalue weighted by Gasteiger charge is -2.13. The molecule has 6 rings (SSSR count). The fourth-order valence-electron chi connectivity index (χ4n) is 4.89. The second kappa shape index (κ2) is 11.1. The van der Waals surface area contributed by atoms with Crippen LogP contribution in [0.2, 0.25) is 0 Å². The Balaban J connectivity index is 1.14. The molecule has 0 aliphatic heterocycles. The van der Waals surface area contributed by atoms with Gasteiger partial charge in [-0.1, -0.05) is 48.6 Å². The number of esters is 2. The maximum Gasteiger partial charge on any atom is 0.343 e. The van der Waals surface area contributed by atoms with E-state index in [4.69, 9.17) is 9.47 Å². The summed E-state index contributed by atoms with van der Waals surface area (Å²) in [6.45, 7) is 0. The molecule has 0 atom stereocenters. The van der Waals surface area contributed by atoms with E-state index in [1.165, 1.54) is 30.3 Å². The molecule has 0 aromatic heterocycles. The predicted octanol–water partition coefficient (Wildman–Crippen LogP) is 6.58. The molecule has 2 N–H and O–H groups in total. The number of ether oxygens (including phenoxy) is 2. The van der Waals surface area contributed by atoms with Crippen molar-refractivity contribution < 1.29 is 34.1 Å². The monoisotopic (exact) mass is 556 g/mol. The number of fused-ring (bicyclic) bond motifs is 2. The Labute approximate surface area is 240 Å². The molecular weight excluding hydrogens is 532 g/mol. The van der Waals surface area contributed by atoms with Crippen LogP contribution in [0.3, 0.4) is 0 Å². The second-order valence-corrected chi connectivity index (χ2v) is 9.89. The van der Waals surface area contributed by atoms with E-state index < -0.39 is 29.2 Å². The average Bonchev–Trinajstić information content (AvgIpc) is 3.00. The number of carbonyl (C=O) groups excluding carboxylic acids is 3. The molecule has 0 radical (unpaired) electrons. The van der Waals surface area contributed by atoms with Crippen molar-refractivity contribution in [3.63, 3.8) is 0 Å². The Bertz CT molecular complexity index is 1920. The standard InChI is InChI=1S/C35H24O7/c36-31-19-27(41-34(39)25-11-9-21-5-1-3-7-23(21)17-25)13-15-29(31)33(38)30-16-14-28(20-32(30)37)42-35(40)26-12-10-22-6-2-4-8-24(22)18-26/h1-5,7,9-20,36-37H,6,8H2. The molecule has 0 amide bonds. The van der Waals surface area contributed by atoms with Crippen LogP contribution < -0.4 is 9.47 Å². The summed E-state index contributed by atoms with van der Waals surface area (Å²) < 4.78 is 10.8. The number of carbonyl (C=O) groups is 3. The van der Waals surface area contributed by atoms with E-state index in [2.05, 4.69) is 12.2 Å². The summed E-state index contributed by atoms with van der Waals surface area (Å²) in [6.07, 6.45) is 5.70. The van der Waals surface area contributed by atoms with Gasteiger partial charge in [0.25, 0.3) is 0 Å². The normalized spacial score (nSPS) is 12.0. The van der Waals surface area contributed by atoms with Crippen LogP contribution in [0.15, 0.2) is 109 Å². The molecule has 0 heterocycles. The van der Waals surface area contributed by atoms with E-state index >= 15 is 0 Å². The third kappa shape index (κ3) is 5.36. The second-order valence-electron chi connectivity index (χ2n) is 9.89. The van der Waals surface area contributed by atoms with Gasteiger partial charge in [-0.2, -0.15) is 0 Å². The highest BCUT2D eigenvalue weighted by atomic mass is 16.5. The zero-order valence-electron chi connectivity index (χ0n) is 22.2. The Morgan fingerprint density at radius 3 is 1.71 bits per heavy atom. The molecule has 0 spiro atoms. The van der Waals surface area contributed by atoms with E-state index in [9.17, 15) is 24.6 Å². The van der Waals surface area contributed by atoms with Gasteiger partial charge in [0.15, 0.2) is 5.78 Å². The van der Waals surface area contributed by atoms with Gasteiger partial charge in [0, 0.05) is 12.1 Å². The van der Waals surface area contributed by atoms with E-state index in [1.807, 2.05) is 36.4 Å². The third-order valence-corrected chi connectivity index (χ3v) is 7.12. The zero-order valence-corrected chi connectivity index (χ0v) is 22.2. The van der Waals surface area contributed by atoms with Crippen molar-refractivity contribution >= 4 is 28.5 Å². The number of phenolic OH excluding ortho intramolecular Hbond substituents is 2. The number of benzene rings is 5. The summed E-state index contributed by atoms with van der Waals surface area (Å²) in [5.41, 5.74) is 2.73. The van der Waals surface area contributed by atoms with Crippen molar-refractivity contribution in [3.05, 3.63) is 143 Å². The summed E-state index contributed by atoms with van der Waals surface area (Å²) in [7, 11) is 0. The van der Waals surface area contributed by atoms with Gasteiger partial charge in [0.1, 0.15) is 23.0 Å². The van der Waals surface area contributed by atoms with Gasteiger partial charge in [0.2, 0.25) is 0 Å². The van der Waals surface area contributed by atoms with E-state index in [-0.39, 0.29) is 22.6 Å². The van der Waals surface area contributed by atoms with E-state index in [0.717, 1.165) is 40.8 Å². The molecule has 206 valence electrons. The Morgan fingerprint density at radius 2 is 1.10 bits per heavy atom. The maximum atomic E-state index is 13.1. The van der Waals surface area contributed by atoms with Crippen LogP contribution in [0.5, 0.6) is 23.0 Å². The Hall–Kier alpha value is -5.69. The minimum Gasteiger partial charge on any atom is -0.507 e. The van der Waals surface area contributed by atoms with Crippen molar-refractivity contribution in [2.45, 2.75) is 12.8 Å². The zero-order chi connectivity index (χ0) is 29.2. The third-order valence-electron chi connectivity index (χ3n) is 7.12. The molecule has 5 aromatic rings. The number of ketones is 1. The lowest BCUT2D eigenvalue weighted by molar-refractivity contribution is 0.0725. The van der Waals surface area contributed by atoms with Gasteiger partial charge in [0.05, 0.1) is 22.3 Å². The minimum atomic E-state index is -0.668. The smallest absolute Gasteiger partial charge is 0.343 e. The van der Waals surface area contributed by atoms with Crippen LogP contribution in [0.1, 0.15) is 47.8 Å². The summed E-state index contributed by atoms with van der Waals surface area (Å²) in [5, 5.41) is 23.0. The van der Waals surface area contributed by atoms with Crippen LogP contribution in [0.4, 0.5) is 0 Å². The molecule has 7 heteroatoms. The predicted molar refractivity (Wildman–Crippen MR) is 157 cm³/mol. The van der Waals surface area contributed by atoms with Crippen LogP contribution >= 0.6 is 0 Å². The molecule has 0 saturated heterocycles. The quantitative estimate of drug-likeness (QED) is 0.105. The van der Waals surface area contributed by atoms with Crippen LogP contribution in [-0.2, 0) is 12.8 Å². The van der Waals surface area contributed by atoms with Crippen LogP contribution in [-0.4, -0.2) is 27.9 Å². The molecule has 0 bridgehead atoms. The summed E-state index contributed by atoms with van der Waals surface area (Å²) >= 11 is 0. The summed E-state index contributed by atoms with van der Waals surface area (Å²) in [5.74, 6) is -2.61. The van der Waals surface area contributed by atoms with Crippen molar-refractivity contribution in [1.82, 2.24) is 0 Å². The summed E-state index contributed by atoms with van der Waals surface area (Å²) in [6, 6.07) is 25.9. The largest absolute Gasteiger partial charge is 0.507 e. The topological polar surface area (TPSA) is 110 Å². The molecule has 7 nitrogen and oxygen atoms in total. The Morgan fingerprint density at radius 1 is 0.548 bits per heavy atom. The molecular formula is C35H24O7. The number of phenols is 2. The van der Waals surface area contributed by atoms with Gasteiger partial charge in [-0.25, -0.2) is 9.59 Å². The average molecular weight is 557 g/mol. The molecule has 0 saturated carbocycles. The van der Waals surface area contributed by atoms with E-state index in [0.29, 0.717) is 11.1 Å². The fourth-order valence-corrected chi connectivity index (χ4v) is 4.89. The number of allylic oxidation sites excluding steroid dienone is 2. The van der Waals surface area contributed by atoms with Gasteiger partial charge in [-0.05, 0) is 83.3 Å². The minimum absolute atomic E-state index is 0.0480. The molecule has 0 unspecified atom stereocenters. The van der Waals surface area contributed by atoms with Gasteiger partial charge in [-0.15, -0.1) is 0 Å². The first-order valence-corrected chi connectivity index (χ1v) is 13.3. The van der Waals surface area contributed by atoms with E-state index in [1.54, 1.807) is 24.3 Å². The SMILES string of the molecule is O=C(Oc1ccc(C(=O)c2ccc(OC(=O)c3ccc4ccccc4c3)cc2O)c(O)c1)c1ccc2c(c1)CC=CC2. The highest BCUT2D eigenvalue weighted by Crippen LogP contribution is 2.31. The molecule has 5 aromatic carbocycles. The van der Waals surface area contributed by atoms with Crippen molar-refractivity contribution in [3.8, 4) is 23.0 Å². The maximum absolute atomic E-state index is 13.1. The van der Waals surface area contributed by atoms with Crippen LogP contribution in [0, 0.1) is 0 Å².